The van der Waals surface area contributed by atoms with Crippen molar-refractivity contribution >= 4 is 69.9 Å². The van der Waals surface area contributed by atoms with Gasteiger partial charge in [0.05, 0.1) is 10.0 Å². The van der Waals surface area contributed by atoms with Gasteiger partial charge in [-0.05, 0) is 24.3 Å². The summed E-state index contributed by atoms with van der Waals surface area (Å²) in [5.74, 6) is 3.17. The van der Waals surface area contributed by atoms with E-state index in [-0.39, 0.29) is 21.5 Å². The van der Waals surface area contributed by atoms with Crippen LogP contribution in [0.15, 0.2) is 24.3 Å². The van der Waals surface area contributed by atoms with E-state index in [1.54, 1.807) is 35.7 Å². The zero-order chi connectivity index (χ0) is 17.7. The number of halogens is 4. The molecule has 2 aromatic rings. The normalized spacial score (nSPS) is 11.0. The van der Waals surface area contributed by atoms with E-state index in [9.17, 15) is 10.2 Å². The Balaban J connectivity index is 1.77. The van der Waals surface area contributed by atoms with E-state index in [1.165, 1.54) is 12.1 Å². The van der Waals surface area contributed by atoms with E-state index >= 15 is 0 Å². The lowest BCUT2D eigenvalue weighted by Crippen LogP contribution is -1.90. The number of aromatic hydroxyl groups is 2. The zero-order valence-electron chi connectivity index (χ0n) is 12.4. The third kappa shape index (κ3) is 5.72. The van der Waals surface area contributed by atoms with Crippen molar-refractivity contribution in [2.24, 2.45) is 0 Å². The summed E-state index contributed by atoms with van der Waals surface area (Å²) in [5, 5.41) is 21.3. The summed E-state index contributed by atoms with van der Waals surface area (Å²) in [6, 6.07) is 6.47. The van der Waals surface area contributed by atoms with Gasteiger partial charge < -0.3 is 10.2 Å². The minimum atomic E-state index is 0.0831. The van der Waals surface area contributed by atoms with Crippen LogP contribution in [0.2, 0.25) is 20.1 Å². The van der Waals surface area contributed by atoms with Gasteiger partial charge in [0.2, 0.25) is 0 Å². The number of benzene rings is 2. The van der Waals surface area contributed by atoms with Crippen LogP contribution in [0.25, 0.3) is 0 Å². The van der Waals surface area contributed by atoms with Crippen molar-refractivity contribution in [3.8, 4) is 11.5 Å². The molecule has 0 aromatic heterocycles. The Hall–Kier alpha value is -0.100. The number of thioether (sulfide) groups is 2. The number of hydrogen-bond donors (Lipinski definition) is 2. The summed E-state index contributed by atoms with van der Waals surface area (Å²) < 4.78 is 0. The molecule has 130 valence electrons. The molecule has 0 spiro atoms. The van der Waals surface area contributed by atoms with Crippen molar-refractivity contribution in [1.29, 1.82) is 0 Å². The maximum Gasteiger partial charge on any atom is 0.138 e. The summed E-state index contributed by atoms with van der Waals surface area (Å²) in [5.41, 5.74) is 1.45. The van der Waals surface area contributed by atoms with Crippen molar-refractivity contribution in [1.82, 2.24) is 0 Å². The van der Waals surface area contributed by atoms with E-state index in [4.69, 9.17) is 46.4 Å². The van der Waals surface area contributed by atoms with Crippen LogP contribution in [0.3, 0.4) is 0 Å². The third-order valence-corrected chi connectivity index (χ3v) is 6.39. The topological polar surface area (TPSA) is 40.5 Å². The van der Waals surface area contributed by atoms with Gasteiger partial charge in [-0.1, -0.05) is 46.4 Å². The first-order valence-electron chi connectivity index (χ1n) is 6.87. The lowest BCUT2D eigenvalue weighted by atomic mass is 10.2. The van der Waals surface area contributed by atoms with Crippen LogP contribution < -0.4 is 0 Å². The van der Waals surface area contributed by atoms with Crippen LogP contribution >= 0.6 is 69.9 Å². The van der Waals surface area contributed by atoms with Crippen LogP contribution in [0.1, 0.15) is 11.1 Å². The Morgan fingerprint density at radius 1 is 0.667 bits per heavy atom. The van der Waals surface area contributed by atoms with Gasteiger partial charge in [0.1, 0.15) is 11.5 Å². The molecule has 0 heterocycles. The molecule has 0 radical (unpaired) electrons. The molecule has 0 bridgehead atoms. The molecule has 0 atom stereocenters. The third-order valence-electron chi connectivity index (χ3n) is 3.10. The number of rotatable bonds is 7. The SMILES string of the molecule is Oc1c(Cl)cc(Cl)cc1CSCCSCc1cc(Cl)cc(Cl)c1O. The van der Waals surface area contributed by atoms with Crippen molar-refractivity contribution < 1.29 is 10.2 Å². The maximum atomic E-state index is 9.89. The van der Waals surface area contributed by atoms with E-state index < -0.39 is 0 Å². The molecule has 2 N–H and O–H groups in total. The zero-order valence-corrected chi connectivity index (χ0v) is 17.0. The molecule has 0 saturated heterocycles. The van der Waals surface area contributed by atoms with Gasteiger partial charge in [0.25, 0.3) is 0 Å². The summed E-state index contributed by atoms with van der Waals surface area (Å²) in [6.07, 6.45) is 0. The van der Waals surface area contributed by atoms with Crippen LogP contribution in [0, 0.1) is 0 Å². The smallest absolute Gasteiger partial charge is 0.138 e. The molecule has 24 heavy (non-hydrogen) atoms. The maximum absolute atomic E-state index is 9.89. The summed E-state index contributed by atoms with van der Waals surface area (Å²) in [7, 11) is 0. The monoisotopic (exact) mass is 442 g/mol. The lowest BCUT2D eigenvalue weighted by Gasteiger charge is -2.08. The predicted molar refractivity (Wildman–Crippen MR) is 109 cm³/mol. The number of hydrogen-bond acceptors (Lipinski definition) is 4. The van der Waals surface area contributed by atoms with Crippen molar-refractivity contribution in [3.05, 3.63) is 55.5 Å². The molecular weight excluding hydrogens is 430 g/mol. The van der Waals surface area contributed by atoms with Crippen molar-refractivity contribution in [2.75, 3.05) is 11.5 Å². The molecule has 0 fully saturated rings. The highest BCUT2D eigenvalue weighted by Gasteiger charge is 2.09. The summed E-state index contributed by atoms with van der Waals surface area (Å²) in [6.45, 7) is 0. The van der Waals surface area contributed by atoms with Crippen LogP contribution in [0.5, 0.6) is 11.5 Å². The Morgan fingerprint density at radius 2 is 1.04 bits per heavy atom. The van der Waals surface area contributed by atoms with E-state index in [1.807, 2.05) is 0 Å². The van der Waals surface area contributed by atoms with Crippen molar-refractivity contribution in [3.63, 3.8) is 0 Å². The molecule has 0 aliphatic heterocycles. The Kier molecular flexibility index (Phi) is 8.05. The van der Waals surface area contributed by atoms with Crippen molar-refractivity contribution in [2.45, 2.75) is 11.5 Å². The largest absolute Gasteiger partial charge is 0.506 e. The molecule has 0 saturated carbocycles. The quantitative estimate of drug-likeness (QED) is 0.457. The molecular formula is C16H14Cl4O2S2. The highest BCUT2D eigenvalue weighted by atomic mass is 35.5. The second-order valence-electron chi connectivity index (χ2n) is 4.90. The molecule has 0 unspecified atom stereocenters. The van der Waals surface area contributed by atoms with Crippen LogP contribution in [0.4, 0.5) is 0 Å². The van der Waals surface area contributed by atoms with Gasteiger partial charge in [-0.3, -0.25) is 0 Å². The van der Waals surface area contributed by atoms with Gasteiger partial charge in [0, 0.05) is 44.2 Å². The second kappa shape index (κ2) is 9.56. The van der Waals surface area contributed by atoms with E-state index in [0.717, 1.165) is 22.6 Å². The fraction of sp³-hybridized carbons (Fsp3) is 0.250. The highest BCUT2D eigenvalue weighted by Crippen LogP contribution is 2.35. The molecule has 8 heteroatoms. The number of phenols is 2. The Morgan fingerprint density at radius 3 is 1.42 bits per heavy atom. The molecule has 0 aliphatic carbocycles. The fourth-order valence-electron chi connectivity index (χ4n) is 1.94. The van der Waals surface area contributed by atoms with Gasteiger partial charge in [-0.2, -0.15) is 23.5 Å². The number of phenolic OH excluding ortho intramolecular Hbond substituents is 2. The van der Waals surface area contributed by atoms with Crippen LogP contribution in [-0.2, 0) is 11.5 Å². The molecule has 2 aromatic carbocycles. The molecule has 2 nitrogen and oxygen atoms in total. The Bertz CT molecular complexity index is 664. The van der Waals surface area contributed by atoms with Gasteiger partial charge in [-0.25, -0.2) is 0 Å². The lowest BCUT2D eigenvalue weighted by molar-refractivity contribution is 0.470. The molecule has 2 rings (SSSR count). The summed E-state index contributed by atoms with van der Waals surface area (Å²) >= 11 is 27.0. The first-order chi connectivity index (χ1) is 11.4. The standard InChI is InChI=1S/C16H14Cl4O2S2/c17-11-3-9(15(21)13(19)5-11)7-23-1-2-24-8-10-4-12(18)6-14(20)16(10)22/h3-6,21-22H,1-2,7-8H2. The average Bonchev–Trinajstić information content (AvgIpc) is 2.51. The van der Waals surface area contributed by atoms with Gasteiger partial charge >= 0.3 is 0 Å². The van der Waals surface area contributed by atoms with Gasteiger partial charge in [-0.15, -0.1) is 0 Å². The predicted octanol–water partition coefficient (Wildman–Crippen LogP) is 6.88. The molecule has 0 aliphatic rings. The van der Waals surface area contributed by atoms with E-state index in [2.05, 4.69) is 0 Å². The highest BCUT2D eigenvalue weighted by molar-refractivity contribution is 8.02. The summed E-state index contributed by atoms with van der Waals surface area (Å²) in [4.78, 5) is 0. The molecule has 0 amide bonds. The van der Waals surface area contributed by atoms with Gasteiger partial charge in [0.15, 0.2) is 0 Å². The van der Waals surface area contributed by atoms with Crippen LogP contribution in [-0.4, -0.2) is 21.7 Å². The Labute approximate surface area is 169 Å². The average molecular weight is 444 g/mol. The fourth-order valence-corrected chi connectivity index (χ4v) is 5.12. The van der Waals surface area contributed by atoms with E-state index in [0.29, 0.717) is 21.6 Å². The first-order valence-corrected chi connectivity index (χ1v) is 10.7. The second-order valence-corrected chi connectivity index (χ2v) is 8.79. The first kappa shape index (κ1) is 20.2. The minimum absolute atomic E-state index is 0.0831. The minimum Gasteiger partial charge on any atom is -0.506 e.